The molecule has 0 radical (unpaired) electrons. The third-order valence-corrected chi connectivity index (χ3v) is 3.59. The quantitative estimate of drug-likeness (QED) is 0.867. The molecule has 4 heteroatoms. The molecule has 1 heterocycles. The largest absolute Gasteiger partial charge is 0.493 e. The number of aryl methyl sites for hydroxylation is 2. The molecule has 0 spiro atoms. The second-order valence-electron chi connectivity index (χ2n) is 5.13. The van der Waals surface area contributed by atoms with Crippen LogP contribution in [-0.2, 0) is 19.3 Å². The summed E-state index contributed by atoms with van der Waals surface area (Å²) >= 11 is 0. The van der Waals surface area contributed by atoms with Gasteiger partial charge in [-0.15, -0.1) is 0 Å². The topological polar surface area (TPSA) is 61.0 Å². The average molecular weight is 269 g/mol. The number of nitrogens with two attached hydrogens (primary N) is 1. The van der Waals surface area contributed by atoms with Crippen molar-refractivity contribution >= 4 is 5.69 Å². The van der Waals surface area contributed by atoms with E-state index in [1.165, 1.54) is 24.1 Å². The monoisotopic (exact) mass is 269 g/mol. The molecule has 2 aromatic rings. The van der Waals surface area contributed by atoms with Crippen molar-refractivity contribution in [1.82, 2.24) is 9.97 Å². The third-order valence-electron chi connectivity index (χ3n) is 3.59. The zero-order chi connectivity index (χ0) is 13.8. The van der Waals surface area contributed by atoms with Gasteiger partial charge in [0.2, 0.25) is 0 Å². The number of benzene rings is 1. The Bertz CT molecular complexity index is 581. The van der Waals surface area contributed by atoms with Crippen molar-refractivity contribution in [3.05, 3.63) is 47.5 Å². The van der Waals surface area contributed by atoms with Gasteiger partial charge in [-0.3, -0.25) is 0 Å². The van der Waals surface area contributed by atoms with Crippen molar-refractivity contribution in [3.8, 4) is 5.75 Å². The van der Waals surface area contributed by atoms with Crippen molar-refractivity contribution in [2.24, 2.45) is 0 Å². The van der Waals surface area contributed by atoms with Gasteiger partial charge in [0.1, 0.15) is 11.6 Å². The van der Waals surface area contributed by atoms with Gasteiger partial charge in [-0.05, 0) is 55.5 Å². The van der Waals surface area contributed by atoms with Crippen molar-refractivity contribution in [1.29, 1.82) is 0 Å². The summed E-state index contributed by atoms with van der Waals surface area (Å²) in [5.74, 6) is 1.71. The van der Waals surface area contributed by atoms with Crippen molar-refractivity contribution in [2.45, 2.75) is 32.1 Å². The van der Waals surface area contributed by atoms with Crippen LogP contribution in [0.3, 0.4) is 0 Å². The molecular weight excluding hydrogens is 250 g/mol. The van der Waals surface area contributed by atoms with E-state index in [4.69, 9.17) is 10.5 Å². The summed E-state index contributed by atoms with van der Waals surface area (Å²) in [6, 6.07) is 7.43. The number of nitrogens with zero attached hydrogens (tertiary/aromatic N) is 2. The molecule has 0 saturated carbocycles. The van der Waals surface area contributed by atoms with Crippen LogP contribution in [0.5, 0.6) is 5.75 Å². The van der Waals surface area contributed by atoms with Gasteiger partial charge in [-0.1, -0.05) is 0 Å². The maximum Gasteiger partial charge on any atom is 0.131 e. The highest BCUT2D eigenvalue weighted by molar-refractivity contribution is 5.41. The Kier molecular flexibility index (Phi) is 3.81. The molecule has 0 bridgehead atoms. The van der Waals surface area contributed by atoms with Gasteiger partial charge in [0.15, 0.2) is 0 Å². The number of rotatable bonds is 4. The van der Waals surface area contributed by atoms with E-state index in [1.54, 1.807) is 0 Å². The normalized spacial score (nSPS) is 13.8. The minimum absolute atomic E-state index is 0.586. The Labute approximate surface area is 119 Å². The molecule has 0 saturated heterocycles. The Morgan fingerprint density at radius 1 is 1.10 bits per heavy atom. The van der Waals surface area contributed by atoms with Gasteiger partial charge in [0, 0.05) is 24.0 Å². The summed E-state index contributed by atoms with van der Waals surface area (Å²) in [4.78, 5) is 9.07. The number of aromatic nitrogens is 2. The Hall–Kier alpha value is -2.10. The summed E-state index contributed by atoms with van der Waals surface area (Å²) in [5, 5.41) is 0. The fraction of sp³-hybridized carbons (Fsp3) is 0.375. The van der Waals surface area contributed by atoms with Crippen LogP contribution in [0.1, 0.15) is 29.9 Å². The van der Waals surface area contributed by atoms with Crippen LogP contribution in [0.2, 0.25) is 0 Å². The highest BCUT2D eigenvalue weighted by atomic mass is 16.5. The fourth-order valence-corrected chi connectivity index (χ4v) is 2.46. The molecule has 0 fully saturated rings. The van der Waals surface area contributed by atoms with Crippen LogP contribution in [0.15, 0.2) is 30.5 Å². The summed E-state index contributed by atoms with van der Waals surface area (Å²) in [6.07, 6.45) is 7.43. The number of fused-ring (bicyclic) bond motifs is 1. The van der Waals surface area contributed by atoms with Gasteiger partial charge in [0.05, 0.1) is 6.61 Å². The van der Waals surface area contributed by atoms with Gasteiger partial charge in [-0.2, -0.15) is 0 Å². The standard InChI is InChI=1S/C16H19N3O/c17-13-5-7-14(8-6-13)20-10-9-16-18-11-12-3-1-2-4-15(12)19-16/h5-8,11H,1-4,9-10,17H2. The van der Waals surface area contributed by atoms with Crippen molar-refractivity contribution in [2.75, 3.05) is 12.3 Å². The molecule has 0 aliphatic heterocycles. The van der Waals surface area contributed by atoms with E-state index in [0.29, 0.717) is 6.61 Å². The predicted molar refractivity (Wildman–Crippen MR) is 78.7 cm³/mol. The molecule has 1 aliphatic carbocycles. The molecule has 20 heavy (non-hydrogen) atoms. The van der Waals surface area contributed by atoms with E-state index in [1.807, 2.05) is 30.5 Å². The van der Waals surface area contributed by atoms with E-state index >= 15 is 0 Å². The SMILES string of the molecule is Nc1ccc(OCCc2ncc3c(n2)CCCC3)cc1. The second kappa shape index (κ2) is 5.90. The van der Waals surface area contributed by atoms with Gasteiger partial charge >= 0.3 is 0 Å². The van der Waals surface area contributed by atoms with Crippen LogP contribution in [0, 0.1) is 0 Å². The molecule has 1 aromatic heterocycles. The molecule has 3 rings (SSSR count). The minimum Gasteiger partial charge on any atom is -0.493 e. The molecule has 0 amide bonds. The first kappa shape index (κ1) is 12.9. The second-order valence-corrected chi connectivity index (χ2v) is 5.13. The van der Waals surface area contributed by atoms with Crippen LogP contribution in [0.25, 0.3) is 0 Å². The summed E-state index contributed by atoms with van der Waals surface area (Å²) in [7, 11) is 0. The zero-order valence-electron chi connectivity index (χ0n) is 11.5. The lowest BCUT2D eigenvalue weighted by Gasteiger charge is -2.14. The van der Waals surface area contributed by atoms with E-state index in [-0.39, 0.29) is 0 Å². The van der Waals surface area contributed by atoms with Gasteiger partial charge < -0.3 is 10.5 Å². The van der Waals surface area contributed by atoms with Gasteiger partial charge in [0.25, 0.3) is 0 Å². The Morgan fingerprint density at radius 3 is 2.75 bits per heavy atom. The summed E-state index contributed by atoms with van der Waals surface area (Å²) < 4.78 is 5.67. The Morgan fingerprint density at radius 2 is 1.90 bits per heavy atom. The number of hydrogen-bond donors (Lipinski definition) is 1. The number of hydrogen-bond acceptors (Lipinski definition) is 4. The summed E-state index contributed by atoms with van der Waals surface area (Å²) in [5.41, 5.74) is 8.93. The molecule has 0 unspecified atom stereocenters. The first-order valence-electron chi connectivity index (χ1n) is 7.13. The molecule has 1 aromatic carbocycles. The van der Waals surface area contributed by atoms with Crippen molar-refractivity contribution in [3.63, 3.8) is 0 Å². The number of ether oxygens (including phenoxy) is 1. The minimum atomic E-state index is 0.586. The number of nitrogen functional groups attached to an aromatic ring is 1. The van der Waals surface area contributed by atoms with E-state index in [9.17, 15) is 0 Å². The van der Waals surface area contributed by atoms with Crippen molar-refractivity contribution < 1.29 is 4.74 Å². The molecule has 0 atom stereocenters. The highest BCUT2D eigenvalue weighted by Gasteiger charge is 2.11. The maximum absolute atomic E-state index is 5.67. The highest BCUT2D eigenvalue weighted by Crippen LogP contribution is 2.18. The zero-order valence-corrected chi connectivity index (χ0v) is 11.5. The van der Waals surface area contributed by atoms with E-state index < -0.39 is 0 Å². The fourth-order valence-electron chi connectivity index (χ4n) is 2.46. The first-order valence-corrected chi connectivity index (χ1v) is 7.13. The molecular formula is C16H19N3O. The third kappa shape index (κ3) is 3.07. The lowest BCUT2D eigenvalue weighted by molar-refractivity contribution is 0.318. The lowest BCUT2D eigenvalue weighted by Crippen LogP contribution is -2.11. The average Bonchev–Trinajstić information content (AvgIpc) is 2.49. The molecule has 2 N–H and O–H groups in total. The maximum atomic E-state index is 5.67. The number of anilines is 1. The predicted octanol–water partition coefficient (Wildman–Crippen LogP) is 2.56. The molecule has 1 aliphatic rings. The molecule has 4 nitrogen and oxygen atoms in total. The van der Waals surface area contributed by atoms with E-state index in [0.717, 1.165) is 36.5 Å². The van der Waals surface area contributed by atoms with Crippen LogP contribution in [-0.4, -0.2) is 16.6 Å². The summed E-state index contributed by atoms with van der Waals surface area (Å²) in [6.45, 7) is 0.586. The first-order chi connectivity index (χ1) is 9.81. The molecule has 104 valence electrons. The van der Waals surface area contributed by atoms with Gasteiger partial charge in [-0.25, -0.2) is 9.97 Å². The van der Waals surface area contributed by atoms with Crippen LogP contribution in [0.4, 0.5) is 5.69 Å². The lowest BCUT2D eigenvalue weighted by atomic mass is 9.97. The van der Waals surface area contributed by atoms with E-state index in [2.05, 4.69) is 9.97 Å². The van der Waals surface area contributed by atoms with Crippen LogP contribution < -0.4 is 10.5 Å². The Balaban J connectivity index is 1.57. The van der Waals surface area contributed by atoms with Crippen LogP contribution >= 0.6 is 0 Å². The smallest absolute Gasteiger partial charge is 0.131 e.